The molecular weight excluding hydrogens is 226 g/mol. The molecule has 0 bridgehead atoms. The van der Waals surface area contributed by atoms with E-state index in [0.717, 1.165) is 11.3 Å². The van der Waals surface area contributed by atoms with Crippen molar-refractivity contribution in [2.24, 2.45) is 16.6 Å². The topological polar surface area (TPSA) is 69.1 Å². The van der Waals surface area contributed by atoms with Gasteiger partial charge in [0.1, 0.15) is 5.82 Å². The third-order valence-electron chi connectivity index (χ3n) is 2.99. The lowest BCUT2D eigenvalue weighted by atomic mass is 10.1. The van der Waals surface area contributed by atoms with E-state index < -0.39 is 0 Å². The van der Waals surface area contributed by atoms with Crippen molar-refractivity contribution in [3.63, 3.8) is 0 Å². The molecule has 1 heterocycles. The molecular formula is C13H19N5. The summed E-state index contributed by atoms with van der Waals surface area (Å²) in [6.07, 6.45) is 7.62. The van der Waals surface area contributed by atoms with Gasteiger partial charge in [-0.2, -0.15) is 0 Å². The van der Waals surface area contributed by atoms with Crippen LogP contribution in [-0.2, 0) is 0 Å². The molecule has 0 aromatic carbocycles. The predicted octanol–water partition coefficient (Wildman–Crippen LogP) is 2.15. The van der Waals surface area contributed by atoms with Gasteiger partial charge in [-0.3, -0.25) is 0 Å². The van der Waals surface area contributed by atoms with Crippen LogP contribution in [0.25, 0.3) is 5.82 Å². The lowest BCUT2D eigenvalue weighted by molar-refractivity contribution is 0.796. The maximum Gasteiger partial charge on any atom is 0.147 e. The third kappa shape index (κ3) is 2.85. The van der Waals surface area contributed by atoms with Crippen molar-refractivity contribution in [2.45, 2.75) is 32.6 Å². The molecule has 1 aromatic rings. The summed E-state index contributed by atoms with van der Waals surface area (Å²) in [6, 6.07) is 0. The van der Waals surface area contributed by atoms with Crippen LogP contribution in [0.5, 0.6) is 0 Å². The fourth-order valence-electron chi connectivity index (χ4n) is 1.56. The average Bonchev–Trinajstić information content (AvgIpc) is 3.07. The van der Waals surface area contributed by atoms with Gasteiger partial charge in [0.05, 0.1) is 11.9 Å². The molecule has 1 aromatic heterocycles. The second kappa shape index (κ2) is 5.16. The Kier molecular flexibility index (Phi) is 3.60. The molecule has 0 amide bonds. The standard InChI is InChI=1S/C13H19N5/c1-9(2)12(6-14)7-15-10(3)18-8-13(16-17-18)11-4-5-11/h6-9,11H,3-5,14H2,1-2H3/b12-6+,15-7?. The molecule has 2 N–H and O–H groups in total. The molecule has 0 unspecified atom stereocenters. The van der Waals surface area contributed by atoms with Gasteiger partial charge in [0.25, 0.3) is 0 Å². The lowest BCUT2D eigenvalue weighted by Gasteiger charge is -2.04. The molecule has 1 aliphatic carbocycles. The number of hydrogen-bond acceptors (Lipinski definition) is 4. The summed E-state index contributed by atoms with van der Waals surface area (Å²) in [7, 11) is 0. The smallest absolute Gasteiger partial charge is 0.147 e. The molecule has 0 spiro atoms. The van der Waals surface area contributed by atoms with Gasteiger partial charge in [0, 0.05) is 12.1 Å². The summed E-state index contributed by atoms with van der Waals surface area (Å²) in [5.74, 6) is 1.48. The van der Waals surface area contributed by atoms with Crippen molar-refractivity contribution in [3.05, 3.63) is 30.2 Å². The molecule has 96 valence electrons. The summed E-state index contributed by atoms with van der Waals surface area (Å²) >= 11 is 0. The largest absolute Gasteiger partial charge is 0.404 e. The third-order valence-corrected chi connectivity index (χ3v) is 2.99. The average molecular weight is 245 g/mol. The molecule has 5 nitrogen and oxygen atoms in total. The Morgan fingerprint density at radius 1 is 1.61 bits per heavy atom. The van der Waals surface area contributed by atoms with Gasteiger partial charge in [-0.05, 0) is 30.5 Å². The Morgan fingerprint density at radius 2 is 2.33 bits per heavy atom. The Morgan fingerprint density at radius 3 is 2.89 bits per heavy atom. The zero-order valence-electron chi connectivity index (χ0n) is 10.9. The number of hydrogen-bond donors (Lipinski definition) is 1. The Balaban J connectivity index is 2.04. The minimum atomic E-state index is 0.337. The number of aliphatic imine (C=N–C) groups is 1. The van der Waals surface area contributed by atoms with Crippen LogP contribution in [0.15, 0.2) is 29.5 Å². The first-order valence-electron chi connectivity index (χ1n) is 6.19. The Labute approximate surface area is 107 Å². The summed E-state index contributed by atoms with van der Waals surface area (Å²) in [5.41, 5.74) is 7.54. The number of nitrogens with two attached hydrogens (primary N) is 1. The minimum absolute atomic E-state index is 0.337. The summed E-state index contributed by atoms with van der Waals surface area (Å²) in [5, 5.41) is 8.15. The molecule has 1 saturated carbocycles. The van der Waals surface area contributed by atoms with Gasteiger partial charge >= 0.3 is 0 Å². The first-order valence-corrected chi connectivity index (χ1v) is 6.19. The maximum atomic E-state index is 5.53. The Bertz CT molecular complexity index is 491. The summed E-state index contributed by atoms with van der Waals surface area (Å²) < 4.78 is 1.61. The van der Waals surface area contributed by atoms with Crippen molar-refractivity contribution in [1.82, 2.24) is 15.0 Å². The first-order chi connectivity index (χ1) is 8.61. The maximum absolute atomic E-state index is 5.53. The van der Waals surface area contributed by atoms with E-state index in [1.165, 1.54) is 12.8 Å². The van der Waals surface area contributed by atoms with Gasteiger partial charge in [0.2, 0.25) is 0 Å². The van der Waals surface area contributed by atoms with Crippen molar-refractivity contribution >= 4 is 12.0 Å². The molecule has 0 radical (unpaired) electrons. The number of aromatic nitrogens is 3. The molecule has 0 aliphatic heterocycles. The van der Waals surface area contributed by atoms with Gasteiger partial charge in [-0.1, -0.05) is 25.6 Å². The van der Waals surface area contributed by atoms with Gasteiger partial charge < -0.3 is 5.73 Å². The minimum Gasteiger partial charge on any atom is -0.404 e. The van der Waals surface area contributed by atoms with E-state index in [0.29, 0.717) is 17.7 Å². The van der Waals surface area contributed by atoms with Crippen molar-refractivity contribution < 1.29 is 0 Å². The number of rotatable bonds is 5. The fourth-order valence-corrected chi connectivity index (χ4v) is 1.56. The normalized spacial score (nSPS) is 16.7. The quantitative estimate of drug-likeness (QED) is 0.808. The highest BCUT2D eigenvalue weighted by Gasteiger charge is 2.26. The molecule has 0 atom stereocenters. The van der Waals surface area contributed by atoms with E-state index in [4.69, 9.17) is 5.73 Å². The predicted molar refractivity (Wildman–Crippen MR) is 72.9 cm³/mol. The van der Waals surface area contributed by atoms with Crippen molar-refractivity contribution in [3.8, 4) is 0 Å². The zero-order valence-corrected chi connectivity index (χ0v) is 10.9. The number of allylic oxidation sites excluding steroid dienone is 1. The van der Waals surface area contributed by atoms with Crippen molar-refractivity contribution in [2.75, 3.05) is 0 Å². The highest BCUT2D eigenvalue weighted by molar-refractivity contribution is 5.82. The highest BCUT2D eigenvalue weighted by atomic mass is 15.4. The van der Waals surface area contributed by atoms with E-state index in [-0.39, 0.29) is 0 Å². The first kappa shape index (κ1) is 12.5. The van der Waals surface area contributed by atoms with Crippen LogP contribution in [0.3, 0.4) is 0 Å². The van der Waals surface area contributed by atoms with Crippen LogP contribution >= 0.6 is 0 Å². The second-order valence-corrected chi connectivity index (χ2v) is 4.86. The monoisotopic (exact) mass is 245 g/mol. The van der Waals surface area contributed by atoms with Gasteiger partial charge in [-0.15, -0.1) is 5.10 Å². The SMILES string of the molecule is C=C(N=C/C(=C\N)C(C)C)n1cc(C2CC2)nn1. The molecule has 1 fully saturated rings. The van der Waals surface area contributed by atoms with Crippen LogP contribution in [0.4, 0.5) is 0 Å². The highest BCUT2D eigenvalue weighted by Crippen LogP contribution is 2.38. The molecule has 5 heteroatoms. The van der Waals surface area contributed by atoms with E-state index in [2.05, 4.69) is 35.7 Å². The fraction of sp³-hybridized carbons (Fsp3) is 0.462. The van der Waals surface area contributed by atoms with Crippen LogP contribution in [0, 0.1) is 5.92 Å². The van der Waals surface area contributed by atoms with Crippen LogP contribution in [0.2, 0.25) is 0 Å². The Hall–Kier alpha value is -1.91. The lowest BCUT2D eigenvalue weighted by Crippen LogP contribution is -2.01. The molecule has 1 aliphatic rings. The van der Waals surface area contributed by atoms with Gasteiger partial charge in [0.15, 0.2) is 0 Å². The molecule has 2 rings (SSSR count). The van der Waals surface area contributed by atoms with E-state index in [9.17, 15) is 0 Å². The van der Waals surface area contributed by atoms with Crippen molar-refractivity contribution in [1.29, 1.82) is 0 Å². The van der Waals surface area contributed by atoms with Crippen LogP contribution in [-0.4, -0.2) is 21.2 Å². The summed E-state index contributed by atoms with van der Waals surface area (Å²) in [4.78, 5) is 4.27. The number of nitrogens with zero attached hydrogens (tertiary/aromatic N) is 4. The van der Waals surface area contributed by atoms with E-state index in [1.807, 2.05) is 6.20 Å². The van der Waals surface area contributed by atoms with E-state index in [1.54, 1.807) is 17.1 Å². The zero-order chi connectivity index (χ0) is 13.1. The molecule has 0 saturated heterocycles. The van der Waals surface area contributed by atoms with Crippen LogP contribution in [0.1, 0.15) is 38.3 Å². The molecule has 18 heavy (non-hydrogen) atoms. The van der Waals surface area contributed by atoms with E-state index >= 15 is 0 Å². The summed E-state index contributed by atoms with van der Waals surface area (Å²) in [6.45, 7) is 8.01. The van der Waals surface area contributed by atoms with Gasteiger partial charge in [-0.25, -0.2) is 9.67 Å². The van der Waals surface area contributed by atoms with Crippen LogP contribution < -0.4 is 5.73 Å². The second-order valence-electron chi connectivity index (χ2n) is 4.86.